The number of halogens is 3. The SMILES string of the molecule is O=C(Nc1cc(Cl)ccc1Cl)c1ccc([C@@H]2SCC(=O)N2Cc2ccc(Cl)cc2)cc1. The molecule has 0 radical (unpaired) electrons. The quantitative estimate of drug-likeness (QED) is 0.433. The van der Waals surface area contributed by atoms with Crippen molar-refractivity contribution in [3.05, 3.63) is 98.5 Å². The van der Waals surface area contributed by atoms with E-state index in [1.807, 2.05) is 41.3 Å². The first-order valence-corrected chi connectivity index (χ1v) is 11.6. The van der Waals surface area contributed by atoms with E-state index in [0.29, 0.717) is 38.6 Å². The number of nitrogens with one attached hydrogen (secondary N) is 1. The summed E-state index contributed by atoms with van der Waals surface area (Å²) in [6.45, 7) is 0.503. The smallest absolute Gasteiger partial charge is 0.255 e. The summed E-state index contributed by atoms with van der Waals surface area (Å²) < 4.78 is 0. The van der Waals surface area contributed by atoms with Crippen molar-refractivity contribution < 1.29 is 9.59 Å². The van der Waals surface area contributed by atoms with Gasteiger partial charge in [-0.25, -0.2) is 0 Å². The largest absolute Gasteiger partial charge is 0.322 e. The Kier molecular flexibility index (Phi) is 6.77. The van der Waals surface area contributed by atoms with Crippen molar-refractivity contribution in [1.82, 2.24) is 4.90 Å². The topological polar surface area (TPSA) is 49.4 Å². The van der Waals surface area contributed by atoms with E-state index in [2.05, 4.69) is 5.32 Å². The summed E-state index contributed by atoms with van der Waals surface area (Å²) in [4.78, 5) is 26.9. The van der Waals surface area contributed by atoms with Gasteiger partial charge in [-0.1, -0.05) is 59.1 Å². The fraction of sp³-hybridized carbons (Fsp3) is 0.130. The first kappa shape index (κ1) is 22.0. The highest BCUT2D eigenvalue weighted by molar-refractivity contribution is 8.00. The van der Waals surface area contributed by atoms with Crippen molar-refractivity contribution >= 4 is 64.1 Å². The molecule has 1 atom stereocenters. The molecule has 0 aromatic heterocycles. The fourth-order valence-electron chi connectivity index (χ4n) is 3.27. The molecule has 1 saturated heterocycles. The number of nitrogens with zero attached hydrogens (tertiary/aromatic N) is 1. The monoisotopic (exact) mass is 490 g/mol. The van der Waals surface area contributed by atoms with Crippen LogP contribution in [0.5, 0.6) is 0 Å². The molecule has 0 bridgehead atoms. The van der Waals surface area contributed by atoms with Gasteiger partial charge in [-0.3, -0.25) is 9.59 Å². The lowest BCUT2D eigenvalue weighted by Gasteiger charge is -2.24. The molecule has 3 aromatic carbocycles. The molecule has 1 N–H and O–H groups in total. The lowest BCUT2D eigenvalue weighted by Crippen LogP contribution is -2.27. The van der Waals surface area contributed by atoms with Gasteiger partial charge >= 0.3 is 0 Å². The van der Waals surface area contributed by atoms with E-state index in [1.165, 1.54) is 0 Å². The van der Waals surface area contributed by atoms with Gasteiger partial charge in [0, 0.05) is 22.2 Å². The molecular weight excluding hydrogens is 475 g/mol. The third kappa shape index (κ3) is 5.18. The molecule has 2 amide bonds. The van der Waals surface area contributed by atoms with E-state index in [0.717, 1.165) is 11.1 Å². The van der Waals surface area contributed by atoms with E-state index in [4.69, 9.17) is 34.8 Å². The molecule has 0 spiro atoms. The second kappa shape index (κ2) is 9.53. The summed E-state index contributed by atoms with van der Waals surface area (Å²) in [7, 11) is 0. The minimum Gasteiger partial charge on any atom is -0.322 e. The number of rotatable bonds is 5. The van der Waals surface area contributed by atoms with Crippen molar-refractivity contribution in [3.63, 3.8) is 0 Å². The fourth-order valence-corrected chi connectivity index (χ4v) is 4.93. The highest BCUT2D eigenvalue weighted by Crippen LogP contribution is 2.39. The van der Waals surface area contributed by atoms with Gasteiger partial charge in [0.2, 0.25) is 5.91 Å². The van der Waals surface area contributed by atoms with Gasteiger partial charge in [-0.05, 0) is 53.6 Å². The van der Waals surface area contributed by atoms with Crippen molar-refractivity contribution in [2.24, 2.45) is 0 Å². The molecule has 0 saturated carbocycles. The summed E-state index contributed by atoms with van der Waals surface area (Å²) in [6.07, 6.45) is 0. The molecule has 4 nitrogen and oxygen atoms in total. The van der Waals surface area contributed by atoms with Gasteiger partial charge in [-0.2, -0.15) is 0 Å². The Morgan fingerprint density at radius 2 is 1.65 bits per heavy atom. The van der Waals surface area contributed by atoms with Gasteiger partial charge < -0.3 is 10.2 Å². The zero-order chi connectivity index (χ0) is 22.0. The average molecular weight is 492 g/mol. The van der Waals surface area contributed by atoms with Gasteiger partial charge in [0.15, 0.2) is 0 Å². The van der Waals surface area contributed by atoms with Crippen LogP contribution in [-0.4, -0.2) is 22.5 Å². The number of amides is 2. The highest BCUT2D eigenvalue weighted by Gasteiger charge is 2.32. The summed E-state index contributed by atoms with van der Waals surface area (Å²) in [5.74, 6) is 0.222. The van der Waals surface area contributed by atoms with Crippen LogP contribution in [-0.2, 0) is 11.3 Å². The van der Waals surface area contributed by atoms with Crippen LogP contribution in [0.3, 0.4) is 0 Å². The van der Waals surface area contributed by atoms with Gasteiger partial charge in [0.1, 0.15) is 5.37 Å². The second-order valence-corrected chi connectivity index (χ2v) is 9.36. The molecular formula is C23H17Cl3N2O2S. The van der Waals surface area contributed by atoms with Gasteiger partial charge in [-0.15, -0.1) is 11.8 Å². The standard InChI is InChI=1S/C23H17Cl3N2O2S/c24-17-7-1-14(2-8-17)12-28-21(29)13-31-23(28)16-5-3-15(4-6-16)22(30)27-20-11-18(25)9-10-19(20)26/h1-11,23H,12-13H2,(H,27,30)/t23-/m0/s1. The van der Waals surface area contributed by atoms with Gasteiger partial charge in [0.25, 0.3) is 5.91 Å². The molecule has 4 rings (SSSR count). The molecule has 0 aliphatic carbocycles. The molecule has 158 valence electrons. The summed E-state index contributed by atoms with van der Waals surface area (Å²) in [6, 6.07) is 19.6. The molecule has 1 fully saturated rings. The predicted octanol–water partition coefficient (Wildman–Crippen LogP) is 6.67. The van der Waals surface area contributed by atoms with Crippen molar-refractivity contribution in [2.75, 3.05) is 11.1 Å². The van der Waals surface area contributed by atoms with Gasteiger partial charge in [0.05, 0.1) is 16.5 Å². The number of hydrogen-bond donors (Lipinski definition) is 1. The molecule has 1 aliphatic heterocycles. The van der Waals surface area contributed by atoms with E-state index in [1.54, 1.807) is 42.1 Å². The molecule has 8 heteroatoms. The van der Waals surface area contributed by atoms with Crippen LogP contribution in [0.2, 0.25) is 15.1 Å². The van der Waals surface area contributed by atoms with Crippen molar-refractivity contribution in [2.45, 2.75) is 11.9 Å². The van der Waals surface area contributed by atoms with Crippen molar-refractivity contribution in [3.8, 4) is 0 Å². The first-order chi connectivity index (χ1) is 14.9. The van der Waals surface area contributed by atoms with Crippen LogP contribution in [0.25, 0.3) is 0 Å². The van der Waals surface area contributed by atoms with Crippen LogP contribution >= 0.6 is 46.6 Å². The number of benzene rings is 3. The van der Waals surface area contributed by atoms with Crippen LogP contribution in [0, 0.1) is 0 Å². The Morgan fingerprint density at radius 3 is 2.35 bits per heavy atom. The zero-order valence-corrected chi connectivity index (χ0v) is 19.2. The Morgan fingerprint density at radius 1 is 0.968 bits per heavy atom. The second-order valence-electron chi connectivity index (χ2n) is 7.01. The average Bonchev–Trinajstić information content (AvgIpc) is 3.12. The van der Waals surface area contributed by atoms with Crippen LogP contribution in [0.15, 0.2) is 66.7 Å². The van der Waals surface area contributed by atoms with Crippen molar-refractivity contribution in [1.29, 1.82) is 0 Å². The van der Waals surface area contributed by atoms with E-state index < -0.39 is 0 Å². The Balaban J connectivity index is 1.48. The van der Waals surface area contributed by atoms with E-state index in [-0.39, 0.29) is 17.2 Å². The summed E-state index contributed by atoms with van der Waals surface area (Å²) in [5.41, 5.74) is 2.91. The van der Waals surface area contributed by atoms with Crippen LogP contribution in [0.1, 0.15) is 26.9 Å². The Bertz CT molecular complexity index is 1120. The van der Waals surface area contributed by atoms with E-state index >= 15 is 0 Å². The number of hydrogen-bond acceptors (Lipinski definition) is 3. The molecule has 1 aliphatic rings. The van der Waals surface area contributed by atoms with Crippen LogP contribution in [0.4, 0.5) is 5.69 Å². The normalized spacial score (nSPS) is 15.9. The lowest BCUT2D eigenvalue weighted by molar-refractivity contribution is -0.128. The summed E-state index contributed by atoms with van der Waals surface area (Å²) >= 11 is 19.6. The number of carbonyl (C=O) groups is 2. The number of thioether (sulfide) groups is 1. The summed E-state index contributed by atoms with van der Waals surface area (Å²) in [5, 5.41) is 4.22. The first-order valence-electron chi connectivity index (χ1n) is 9.42. The minimum atomic E-state index is -0.288. The Hall–Kier alpha value is -2.18. The molecule has 1 heterocycles. The highest BCUT2D eigenvalue weighted by atomic mass is 35.5. The Labute approximate surface area is 199 Å². The maximum absolute atomic E-state index is 12.6. The maximum atomic E-state index is 12.6. The number of anilines is 1. The predicted molar refractivity (Wildman–Crippen MR) is 128 cm³/mol. The minimum absolute atomic E-state index is 0.0855. The van der Waals surface area contributed by atoms with E-state index in [9.17, 15) is 9.59 Å². The zero-order valence-electron chi connectivity index (χ0n) is 16.1. The number of carbonyl (C=O) groups excluding carboxylic acids is 2. The van der Waals surface area contributed by atoms with Crippen LogP contribution < -0.4 is 5.32 Å². The lowest BCUT2D eigenvalue weighted by atomic mass is 10.1. The third-order valence-electron chi connectivity index (χ3n) is 4.87. The maximum Gasteiger partial charge on any atom is 0.255 e. The third-order valence-corrected chi connectivity index (χ3v) is 6.94. The molecule has 0 unspecified atom stereocenters. The molecule has 31 heavy (non-hydrogen) atoms. The molecule has 3 aromatic rings.